The fourth-order valence-electron chi connectivity index (χ4n) is 0.0680. The van der Waals surface area contributed by atoms with Gasteiger partial charge >= 0.3 is 80.9 Å². The minimum Gasteiger partial charge on any atom is -0.724 e. The van der Waals surface area contributed by atoms with Gasteiger partial charge in [-0.05, 0) is 0 Å². The van der Waals surface area contributed by atoms with Crippen molar-refractivity contribution in [3.05, 3.63) is 0 Å². The van der Waals surface area contributed by atoms with Gasteiger partial charge in [-0.3, -0.25) is 9.11 Å². The molecule has 0 aliphatic heterocycles. The van der Waals surface area contributed by atoms with Gasteiger partial charge in [0.05, 0.1) is 0 Å². The summed E-state index contributed by atoms with van der Waals surface area (Å²) in [6.07, 6.45) is 0. The van der Waals surface area contributed by atoms with Gasteiger partial charge < -0.3 is 9.11 Å². The number of hydrogen-bond acceptors (Lipinski definition) is 10. The van der Waals surface area contributed by atoms with Gasteiger partial charge in [-0.1, -0.05) is 0 Å². The Hall–Kier alpha value is 2.67. The quantitative estimate of drug-likeness (QED) is 0.157. The van der Waals surface area contributed by atoms with Crippen molar-refractivity contribution in [3.63, 3.8) is 0 Å². The molecule has 0 unspecified atom stereocenters. The van der Waals surface area contributed by atoms with Crippen molar-refractivity contribution in [3.8, 4) is 0 Å². The van der Waals surface area contributed by atoms with E-state index in [1.807, 2.05) is 0 Å². The Morgan fingerprint density at radius 1 is 0.882 bits per heavy atom. The first-order valence-corrected chi connectivity index (χ1v) is 7.26. The summed E-state index contributed by atoms with van der Waals surface area (Å²) in [4.78, 5) is 0. The van der Waals surface area contributed by atoms with Crippen LogP contribution >= 0.6 is 0 Å². The second-order valence-corrected chi connectivity index (χ2v) is 5.50. The average molecular weight is 368 g/mol. The van der Waals surface area contributed by atoms with Crippen LogP contribution in [0.3, 0.4) is 0 Å². The first-order valence-electron chi connectivity index (χ1n) is 2.20. The Bertz CT molecular complexity index is 428. The Balaban J connectivity index is -0.000000105. The molecule has 0 aromatic heterocycles. The Kier molecular flexibility index (Phi) is 18.6. The van der Waals surface area contributed by atoms with Gasteiger partial charge in [0.25, 0.3) is 9.05 Å². The van der Waals surface area contributed by atoms with Crippen molar-refractivity contribution in [2.24, 2.45) is 0 Å². The maximum Gasteiger partial charge on any atom is 1.00 e. The van der Waals surface area contributed by atoms with Gasteiger partial charge in [0, 0.05) is 11.2 Å². The predicted molar refractivity (Wildman–Crippen MR) is 42.3 cm³/mol. The second-order valence-electron chi connectivity index (χ2n) is 1.40. The van der Waals surface area contributed by atoms with Crippen molar-refractivity contribution in [2.45, 2.75) is 0 Å². The maximum absolute atomic E-state index is 9.37. The number of rotatable bonds is 3. The van der Waals surface area contributed by atoms with Crippen LogP contribution in [0.2, 0.25) is 0 Å². The minimum atomic E-state index is -5.31. The number of hydrogen-bond donors (Lipinski definition) is 2. The fraction of sp³-hybridized carbons (Fsp3) is 0. The molecule has 17 heavy (non-hydrogen) atoms. The third-order valence-corrected chi connectivity index (χ3v) is 0.750. The molecule has 0 heterocycles. The second kappa shape index (κ2) is 11.3. The molecule has 0 fully saturated rings. The van der Waals surface area contributed by atoms with Gasteiger partial charge in [0.15, 0.2) is 0 Å². The summed E-state index contributed by atoms with van der Waals surface area (Å²) in [5, 5.41) is 0. The summed E-state index contributed by atoms with van der Waals surface area (Å²) >= 11 is 3.47. The molecule has 0 aliphatic rings. The zero-order valence-electron chi connectivity index (χ0n) is 8.20. The van der Waals surface area contributed by atoms with E-state index in [1.54, 1.807) is 0 Å². The van der Waals surface area contributed by atoms with Crippen molar-refractivity contribution in [1.82, 2.24) is 0 Å². The Morgan fingerprint density at radius 2 is 1.00 bits per heavy atom. The zero-order chi connectivity index (χ0) is 12.9. The molecular weight excluding hydrogens is 366 g/mol. The van der Waals surface area contributed by atoms with Crippen LogP contribution in [0.4, 0.5) is 0 Å². The topological polar surface area (TPSA) is 190 Å². The van der Waals surface area contributed by atoms with Crippen LogP contribution in [-0.2, 0) is 49.7 Å². The first kappa shape index (κ1) is 27.9. The maximum atomic E-state index is 9.37. The van der Waals surface area contributed by atoms with Crippen molar-refractivity contribution < 1.29 is 129 Å². The van der Waals surface area contributed by atoms with E-state index in [0.29, 0.717) is 0 Å². The zero-order valence-corrected chi connectivity index (χ0v) is 16.6. The standard InChI is InChI=1S/K.Na.H2O8S2.H2O3S2/c;;1-9(2,3)7-8-10(4,5)6;1-5(2,3)4/h;;(H,1,2,3)(H,4,5,6);(H2,1,2,3,4)/q2*+1;;/p-2. The van der Waals surface area contributed by atoms with E-state index in [0.717, 1.165) is 0 Å². The van der Waals surface area contributed by atoms with Crippen LogP contribution in [0.1, 0.15) is 0 Å². The molecule has 0 saturated heterocycles. The Morgan fingerprint density at radius 3 is 1.06 bits per heavy atom. The van der Waals surface area contributed by atoms with Gasteiger partial charge in [-0.15, -0.1) is 8.67 Å². The van der Waals surface area contributed by atoms with Crippen LogP contribution < -0.4 is 80.9 Å². The molecule has 0 bridgehead atoms. The summed E-state index contributed by atoms with van der Waals surface area (Å²) in [6, 6.07) is 0. The van der Waals surface area contributed by atoms with Crippen molar-refractivity contribution in [2.75, 3.05) is 0 Å². The van der Waals surface area contributed by atoms with E-state index in [2.05, 4.69) is 19.9 Å². The summed E-state index contributed by atoms with van der Waals surface area (Å²) in [5.41, 5.74) is 0. The predicted octanol–water partition coefficient (Wildman–Crippen LogP) is -8.46. The first-order chi connectivity index (χ1) is 6.21. The molecule has 0 radical (unpaired) electrons. The van der Waals surface area contributed by atoms with E-state index in [1.165, 1.54) is 0 Å². The van der Waals surface area contributed by atoms with E-state index in [-0.39, 0.29) is 80.9 Å². The van der Waals surface area contributed by atoms with Crippen molar-refractivity contribution >= 4 is 41.0 Å². The monoisotopic (exact) mass is 368 g/mol. The van der Waals surface area contributed by atoms with Crippen LogP contribution in [0.25, 0.3) is 0 Å². The van der Waals surface area contributed by atoms with Gasteiger partial charge in [0.1, 0.15) is 0 Å². The Labute approximate surface area is 167 Å². The molecule has 94 valence electrons. The molecule has 0 aromatic rings. The molecule has 0 rings (SSSR count). The van der Waals surface area contributed by atoms with E-state index >= 15 is 0 Å². The molecule has 0 amide bonds. The van der Waals surface area contributed by atoms with E-state index in [9.17, 15) is 25.9 Å². The van der Waals surface area contributed by atoms with Crippen LogP contribution in [0, 0.1) is 0 Å². The largest absolute Gasteiger partial charge is 1.00 e. The van der Waals surface area contributed by atoms with Crippen LogP contribution in [-0.4, -0.2) is 39.3 Å². The summed E-state index contributed by atoms with van der Waals surface area (Å²) in [7, 11) is -14.5. The third kappa shape index (κ3) is 55.5. The van der Waals surface area contributed by atoms with Crippen LogP contribution in [0.5, 0.6) is 0 Å². The summed E-state index contributed by atoms with van der Waals surface area (Å²) in [5.74, 6) is 0. The molecule has 0 aromatic carbocycles. The van der Waals surface area contributed by atoms with Gasteiger partial charge in [0.2, 0.25) is 20.8 Å². The SMILES string of the molecule is O=S(=O)([O-])OOS(=O)(=O)[O-].O=S(O)(O)=S.[K+].[Na+]. The van der Waals surface area contributed by atoms with Gasteiger partial charge in [-0.25, -0.2) is 16.8 Å². The third-order valence-electron chi connectivity index (χ3n) is 0.194. The van der Waals surface area contributed by atoms with E-state index in [4.69, 9.17) is 13.3 Å². The van der Waals surface area contributed by atoms with Gasteiger partial charge in [-0.2, -0.15) is 4.21 Å². The molecule has 0 atom stereocenters. The summed E-state index contributed by atoms with van der Waals surface area (Å²) in [6.45, 7) is 0. The van der Waals surface area contributed by atoms with E-state index < -0.39 is 29.9 Å². The molecule has 11 nitrogen and oxygen atoms in total. The fourth-order valence-corrected chi connectivity index (χ4v) is 0.612. The molecule has 0 saturated carbocycles. The molecule has 0 aliphatic carbocycles. The molecule has 17 heteroatoms. The molecular formula is H2KNaO11S4. The summed E-state index contributed by atoms with van der Waals surface area (Å²) < 4.78 is 85.4. The minimum absolute atomic E-state index is 0. The van der Waals surface area contributed by atoms with Crippen molar-refractivity contribution in [1.29, 1.82) is 0 Å². The average Bonchev–Trinajstić information content (AvgIpc) is 1.76. The normalized spacial score (nSPS) is 11.3. The van der Waals surface area contributed by atoms with Crippen LogP contribution in [0.15, 0.2) is 0 Å². The molecule has 2 N–H and O–H groups in total. The smallest absolute Gasteiger partial charge is 0.724 e. The molecule has 0 spiro atoms.